The summed E-state index contributed by atoms with van der Waals surface area (Å²) < 4.78 is 0. The predicted octanol–water partition coefficient (Wildman–Crippen LogP) is 2.90. The van der Waals surface area contributed by atoms with Gasteiger partial charge in [0.2, 0.25) is 0 Å². The first-order chi connectivity index (χ1) is 9.64. The predicted molar refractivity (Wildman–Crippen MR) is 99.3 cm³/mol. The maximum atomic E-state index is 10.2. The van der Waals surface area contributed by atoms with Crippen LogP contribution in [0.5, 0.6) is 0 Å². The summed E-state index contributed by atoms with van der Waals surface area (Å²) in [6.07, 6.45) is 8.26. The van der Waals surface area contributed by atoms with Gasteiger partial charge in [-0.05, 0) is 38.5 Å². The molecule has 2 aliphatic rings. The summed E-state index contributed by atoms with van der Waals surface area (Å²) in [7, 11) is 0. The van der Waals surface area contributed by atoms with Gasteiger partial charge >= 0.3 is 0 Å². The van der Waals surface area contributed by atoms with Gasteiger partial charge in [0.1, 0.15) is 0 Å². The number of nitrogens with zero attached hydrogens (tertiary/aromatic N) is 1. The van der Waals surface area contributed by atoms with E-state index in [1.807, 2.05) is 0 Å². The summed E-state index contributed by atoms with van der Waals surface area (Å²) in [6, 6.07) is 0. The van der Waals surface area contributed by atoms with E-state index in [4.69, 9.17) is 4.99 Å². The van der Waals surface area contributed by atoms with Crippen molar-refractivity contribution >= 4 is 29.9 Å². The van der Waals surface area contributed by atoms with Crippen molar-refractivity contribution in [3.8, 4) is 0 Å². The van der Waals surface area contributed by atoms with Gasteiger partial charge in [-0.15, -0.1) is 24.0 Å². The molecule has 0 aromatic carbocycles. The minimum absolute atomic E-state index is 0. The molecule has 2 aliphatic carbocycles. The molecule has 5 heteroatoms. The second kappa shape index (κ2) is 9.18. The van der Waals surface area contributed by atoms with Gasteiger partial charge < -0.3 is 15.7 Å². The smallest absolute Gasteiger partial charge is 0.191 e. The fourth-order valence-corrected chi connectivity index (χ4v) is 3.11. The van der Waals surface area contributed by atoms with Crippen molar-refractivity contribution in [2.24, 2.45) is 16.3 Å². The molecule has 0 saturated heterocycles. The molecule has 124 valence electrons. The standard InChI is InChI=1S/C16H31N3O.HI/c1-3-17-15(18-11-13-7-6-8-13)19-12-16(2)10-5-4-9-14(16)20;/h13-14,20H,3-12H2,1-2H3,(H2,17,18,19);1H. The molecule has 0 aromatic heterocycles. The number of aliphatic imine (C=N–C) groups is 1. The molecule has 0 aliphatic heterocycles. The van der Waals surface area contributed by atoms with Crippen LogP contribution in [0, 0.1) is 11.3 Å². The van der Waals surface area contributed by atoms with Crippen molar-refractivity contribution in [1.82, 2.24) is 10.6 Å². The largest absolute Gasteiger partial charge is 0.392 e. The zero-order valence-electron chi connectivity index (χ0n) is 13.5. The lowest BCUT2D eigenvalue weighted by atomic mass is 9.73. The van der Waals surface area contributed by atoms with E-state index in [-0.39, 0.29) is 35.5 Å². The Morgan fingerprint density at radius 2 is 1.95 bits per heavy atom. The van der Waals surface area contributed by atoms with Crippen LogP contribution in [0.4, 0.5) is 0 Å². The monoisotopic (exact) mass is 409 g/mol. The fraction of sp³-hybridized carbons (Fsp3) is 0.938. The summed E-state index contributed by atoms with van der Waals surface area (Å²) in [4.78, 5) is 4.72. The Morgan fingerprint density at radius 3 is 2.52 bits per heavy atom. The number of halogens is 1. The van der Waals surface area contributed by atoms with Crippen molar-refractivity contribution in [3.63, 3.8) is 0 Å². The maximum absolute atomic E-state index is 10.2. The molecule has 3 N–H and O–H groups in total. The third kappa shape index (κ3) is 5.58. The molecule has 2 unspecified atom stereocenters. The summed E-state index contributed by atoms with van der Waals surface area (Å²) in [5, 5.41) is 17.0. The fourth-order valence-electron chi connectivity index (χ4n) is 3.11. The molecule has 2 saturated carbocycles. The molecule has 0 bridgehead atoms. The normalized spacial score (nSPS) is 30.2. The Hall–Kier alpha value is -0.0400. The molecule has 2 rings (SSSR count). The quantitative estimate of drug-likeness (QED) is 0.372. The topological polar surface area (TPSA) is 56.7 Å². The van der Waals surface area contributed by atoms with Crippen LogP contribution in [-0.2, 0) is 0 Å². The Morgan fingerprint density at radius 1 is 1.19 bits per heavy atom. The first-order valence-corrected chi connectivity index (χ1v) is 8.34. The van der Waals surface area contributed by atoms with Crippen LogP contribution in [0.3, 0.4) is 0 Å². The number of hydrogen-bond acceptors (Lipinski definition) is 2. The van der Waals surface area contributed by atoms with Crippen LogP contribution in [0.25, 0.3) is 0 Å². The zero-order chi connectivity index (χ0) is 14.4. The van der Waals surface area contributed by atoms with Crippen molar-refractivity contribution in [1.29, 1.82) is 0 Å². The van der Waals surface area contributed by atoms with Crippen LogP contribution < -0.4 is 10.6 Å². The lowest BCUT2D eigenvalue weighted by Gasteiger charge is -2.37. The van der Waals surface area contributed by atoms with Gasteiger partial charge in [0, 0.05) is 18.5 Å². The SMILES string of the molecule is CCNC(=NCC1(C)CCCCC1O)NCC1CCC1.I. The van der Waals surface area contributed by atoms with Crippen molar-refractivity contribution < 1.29 is 5.11 Å². The van der Waals surface area contributed by atoms with E-state index in [2.05, 4.69) is 24.5 Å². The number of aliphatic hydroxyl groups is 1. The molecule has 4 nitrogen and oxygen atoms in total. The Labute approximate surface area is 146 Å². The number of hydrogen-bond donors (Lipinski definition) is 3. The minimum atomic E-state index is -0.200. The van der Waals surface area contributed by atoms with Crippen molar-refractivity contribution in [3.05, 3.63) is 0 Å². The third-order valence-corrected chi connectivity index (χ3v) is 5.01. The second-order valence-electron chi connectivity index (χ2n) is 6.79. The Kier molecular flexibility index (Phi) is 8.31. The first-order valence-electron chi connectivity index (χ1n) is 8.34. The summed E-state index contributed by atoms with van der Waals surface area (Å²) in [6.45, 7) is 6.91. The van der Waals surface area contributed by atoms with Gasteiger partial charge in [-0.3, -0.25) is 4.99 Å². The average molecular weight is 409 g/mol. The number of guanidine groups is 1. The second-order valence-corrected chi connectivity index (χ2v) is 6.79. The molecular weight excluding hydrogens is 377 g/mol. The zero-order valence-corrected chi connectivity index (χ0v) is 15.9. The summed E-state index contributed by atoms with van der Waals surface area (Å²) in [5.41, 5.74) is -0.0446. The highest BCUT2D eigenvalue weighted by Gasteiger charge is 2.35. The summed E-state index contributed by atoms with van der Waals surface area (Å²) in [5.74, 6) is 1.74. The molecule has 0 amide bonds. The van der Waals surface area contributed by atoms with E-state index in [1.54, 1.807) is 0 Å². The summed E-state index contributed by atoms with van der Waals surface area (Å²) >= 11 is 0. The lowest BCUT2D eigenvalue weighted by molar-refractivity contribution is 0.00716. The van der Waals surface area contributed by atoms with Crippen LogP contribution >= 0.6 is 24.0 Å². The molecular formula is C16H32IN3O. The van der Waals surface area contributed by atoms with Crippen LogP contribution in [0.1, 0.15) is 58.8 Å². The van der Waals surface area contributed by atoms with Gasteiger partial charge in [0.05, 0.1) is 12.6 Å². The maximum Gasteiger partial charge on any atom is 0.191 e. The van der Waals surface area contributed by atoms with E-state index >= 15 is 0 Å². The molecule has 2 fully saturated rings. The highest BCUT2D eigenvalue weighted by Crippen LogP contribution is 2.36. The van der Waals surface area contributed by atoms with Gasteiger partial charge in [-0.1, -0.05) is 26.2 Å². The van der Waals surface area contributed by atoms with Gasteiger partial charge in [0.15, 0.2) is 5.96 Å². The Balaban J connectivity index is 0.00000220. The molecule has 0 aromatic rings. The van der Waals surface area contributed by atoms with Crippen LogP contribution in [-0.4, -0.2) is 36.8 Å². The van der Waals surface area contributed by atoms with Crippen LogP contribution in [0.2, 0.25) is 0 Å². The van der Waals surface area contributed by atoms with Crippen LogP contribution in [0.15, 0.2) is 4.99 Å². The van der Waals surface area contributed by atoms with E-state index < -0.39 is 0 Å². The van der Waals surface area contributed by atoms with E-state index in [1.165, 1.54) is 25.7 Å². The molecule has 0 radical (unpaired) electrons. The number of aliphatic hydroxyl groups excluding tert-OH is 1. The van der Waals surface area contributed by atoms with E-state index in [0.29, 0.717) is 6.54 Å². The average Bonchev–Trinajstić information content (AvgIpc) is 2.38. The highest BCUT2D eigenvalue weighted by molar-refractivity contribution is 14.0. The first kappa shape index (κ1) is 19.0. The highest BCUT2D eigenvalue weighted by atomic mass is 127. The number of nitrogens with one attached hydrogen (secondary N) is 2. The molecule has 21 heavy (non-hydrogen) atoms. The molecule has 0 spiro atoms. The number of rotatable bonds is 5. The molecule has 2 atom stereocenters. The van der Waals surface area contributed by atoms with E-state index in [0.717, 1.165) is 44.2 Å². The minimum Gasteiger partial charge on any atom is -0.392 e. The van der Waals surface area contributed by atoms with E-state index in [9.17, 15) is 5.11 Å². The van der Waals surface area contributed by atoms with Crippen molar-refractivity contribution in [2.75, 3.05) is 19.6 Å². The van der Waals surface area contributed by atoms with Gasteiger partial charge in [-0.25, -0.2) is 0 Å². The Bertz CT molecular complexity index is 333. The molecule has 0 heterocycles. The lowest BCUT2D eigenvalue weighted by Crippen LogP contribution is -2.43. The van der Waals surface area contributed by atoms with Gasteiger partial charge in [0.25, 0.3) is 0 Å². The van der Waals surface area contributed by atoms with Gasteiger partial charge in [-0.2, -0.15) is 0 Å². The third-order valence-electron chi connectivity index (χ3n) is 5.01. The van der Waals surface area contributed by atoms with Crippen molar-refractivity contribution in [2.45, 2.75) is 64.9 Å².